The smallest absolute Gasteiger partial charge is 0.308 e. The third kappa shape index (κ3) is 4.12. The molecule has 0 bridgehead atoms. The van der Waals surface area contributed by atoms with Crippen LogP contribution in [0.1, 0.15) is 35.9 Å². The molecule has 0 aliphatic rings. The summed E-state index contributed by atoms with van der Waals surface area (Å²) >= 11 is 0. The maximum absolute atomic E-state index is 11.7. The molecular weight excluding hydrogens is 234 g/mol. The Morgan fingerprint density at radius 3 is 2.61 bits per heavy atom. The van der Waals surface area contributed by atoms with Crippen LogP contribution in [0, 0.1) is 12.8 Å². The summed E-state index contributed by atoms with van der Waals surface area (Å²) in [7, 11) is 0. The lowest BCUT2D eigenvalue weighted by Gasteiger charge is -2.11. The zero-order valence-corrected chi connectivity index (χ0v) is 10.5. The molecule has 6 nitrogen and oxygen atoms in total. The Morgan fingerprint density at radius 1 is 1.39 bits per heavy atom. The quantitative estimate of drug-likeness (QED) is 0.787. The predicted octanol–water partition coefficient (Wildman–Crippen LogP) is 1.02. The molecule has 0 saturated carbocycles. The fourth-order valence-electron chi connectivity index (χ4n) is 1.48. The van der Waals surface area contributed by atoms with Gasteiger partial charge in [0.15, 0.2) is 0 Å². The molecule has 1 amide bonds. The van der Waals surface area contributed by atoms with Crippen molar-refractivity contribution in [3.05, 3.63) is 23.8 Å². The van der Waals surface area contributed by atoms with Crippen molar-refractivity contribution in [2.75, 3.05) is 6.54 Å². The molecule has 18 heavy (non-hydrogen) atoms. The molecule has 1 heterocycles. The van der Waals surface area contributed by atoms with Crippen molar-refractivity contribution in [3.8, 4) is 0 Å². The molecule has 0 fully saturated rings. The van der Waals surface area contributed by atoms with Crippen molar-refractivity contribution in [2.45, 2.75) is 26.7 Å². The first kappa shape index (κ1) is 14.1. The van der Waals surface area contributed by atoms with Gasteiger partial charge in [-0.1, -0.05) is 13.3 Å². The number of nitrogens with zero attached hydrogens (tertiary/aromatic N) is 2. The summed E-state index contributed by atoms with van der Waals surface area (Å²) in [6.45, 7) is 3.79. The molecule has 0 radical (unpaired) electrons. The summed E-state index contributed by atoms with van der Waals surface area (Å²) in [6, 6.07) is 0. The zero-order valence-electron chi connectivity index (χ0n) is 10.5. The highest BCUT2D eigenvalue weighted by atomic mass is 16.4. The number of nitrogens with one attached hydrogen (secondary N) is 1. The van der Waals surface area contributed by atoms with Gasteiger partial charge >= 0.3 is 5.97 Å². The summed E-state index contributed by atoms with van der Waals surface area (Å²) in [5.74, 6) is -1.85. The topological polar surface area (TPSA) is 92.2 Å². The van der Waals surface area contributed by atoms with Crippen LogP contribution in [0.3, 0.4) is 0 Å². The number of hydrogen-bond acceptors (Lipinski definition) is 4. The number of carboxylic acids is 1. The van der Waals surface area contributed by atoms with Crippen LogP contribution in [-0.4, -0.2) is 33.5 Å². The number of carbonyl (C=O) groups is 2. The van der Waals surface area contributed by atoms with Gasteiger partial charge in [0.2, 0.25) is 0 Å². The fraction of sp³-hybridized carbons (Fsp3) is 0.500. The van der Waals surface area contributed by atoms with Crippen molar-refractivity contribution < 1.29 is 14.7 Å². The number of carboxylic acid groups (broad SMARTS) is 1. The summed E-state index contributed by atoms with van der Waals surface area (Å²) in [5.41, 5.74) is 0.919. The number of amides is 1. The number of aromatic nitrogens is 2. The Kier molecular flexibility index (Phi) is 5.23. The van der Waals surface area contributed by atoms with Gasteiger partial charge in [0.25, 0.3) is 5.91 Å². The van der Waals surface area contributed by atoms with Crippen molar-refractivity contribution in [1.29, 1.82) is 0 Å². The lowest BCUT2D eigenvalue weighted by molar-refractivity contribution is -0.141. The van der Waals surface area contributed by atoms with Gasteiger partial charge in [-0.25, -0.2) is 4.98 Å². The van der Waals surface area contributed by atoms with E-state index in [1.165, 1.54) is 12.4 Å². The van der Waals surface area contributed by atoms with E-state index in [1.54, 1.807) is 6.92 Å². The Labute approximate surface area is 105 Å². The average molecular weight is 251 g/mol. The molecule has 1 unspecified atom stereocenters. The van der Waals surface area contributed by atoms with Gasteiger partial charge in [-0.15, -0.1) is 0 Å². The number of rotatable bonds is 6. The first-order valence-corrected chi connectivity index (χ1v) is 5.84. The summed E-state index contributed by atoms with van der Waals surface area (Å²) < 4.78 is 0. The largest absolute Gasteiger partial charge is 0.481 e. The summed E-state index contributed by atoms with van der Waals surface area (Å²) in [6.07, 6.45) is 4.17. The minimum Gasteiger partial charge on any atom is -0.481 e. The molecule has 1 rings (SSSR count). The van der Waals surface area contributed by atoms with Crippen LogP contribution in [-0.2, 0) is 4.79 Å². The zero-order chi connectivity index (χ0) is 13.5. The van der Waals surface area contributed by atoms with E-state index >= 15 is 0 Å². The normalized spacial score (nSPS) is 11.9. The van der Waals surface area contributed by atoms with Gasteiger partial charge < -0.3 is 10.4 Å². The van der Waals surface area contributed by atoms with Gasteiger partial charge in [0.1, 0.15) is 5.69 Å². The van der Waals surface area contributed by atoms with Gasteiger partial charge in [0, 0.05) is 12.7 Å². The third-order valence-electron chi connectivity index (χ3n) is 2.51. The van der Waals surface area contributed by atoms with Crippen molar-refractivity contribution >= 4 is 11.9 Å². The number of hydrogen-bond donors (Lipinski definition) is 2. The molecule has 1 atom stereocenters. The van der Waals surface area contributed by atoms with E-state index in [2.05, 4.69) is 15.3 Å². The van der Waals surface area contributed by atoms with Crippen LogP contribution in [0.5, 0.6) is 0 Å². The number of aryl methyl sites for hydroxylation is 1. The predicted molar refractivity (Wildman–Crippen MR) is 65.1 cm³/mol. The Balaban J connectivity index is 2.54. The van der Waals surface area contributed by atoms with E-state index in [4.69, 9.17) is 5.11 Å². The van der Waals surface area contributed by atoms with E-state index in [1.807, 2.05) is 6.92 Å². The van der Waals surface area contributed by atoms with E-state index in [9.17, 15) is 9.59 Å². The van der Waals surface area contributed by atoms with Crippen molar-refractivity contribution in [1.82, 2.24) is 15.3 Å². The van der Waals surface area contributed by atoms with Crippen LogP contribution in [0.4, 0.5) is 0 Å². The molecule has 2 N–H and O–H groups in total. The number of aliphatic carboxylic acids is 1. The van der Waals surface area contributed by atoms with Crippen LogP contribution in [0.2, 0.25) is 0 Å². The van der Waals surface area contributed by atoms with Crippen molar-refractivity contribution in [2.24, 2.45) is 5.92 Å². The highest BCUT2D eigenvalue weighted by molar-refractivity contribution is 5.92. The molecule has 98 valence electrons. The first-order chi connectivity index (χ1) is 8.54. The Hall–Kier alpha value is -1.98. The maximum atomic E-state index is 11.7. The minimum absolute atomic E-state index is 0.109. The second-order valence-electron chi connectivity index (χ2n) is 4.08. The van der Waals surface area contributed by atoms with E-state index in [0.29, 0.717) is 6.42 Å². The van der Waals surface area contributed by atoms with E-state index in [0.717, 1.165) is 12.1 Å². The lowest BCUT2D eigenvalue weighted by Crippen LogP contribution is -2.33. The van der Waals surface area contributed by atoms with Crippen molar-refractivity contribution in [3.63, 3.8) is 0 Å². The number of carbonyl (C=O) groups excluding carboxylic acids is 1. The second-order valence-corrected chi connectivity index (χ2v) is 4.08. The highest BCUT2D eigenvalue weighted by Gasteiger charge is 2.18. The van der Waals surface area contributed by atoms with Gasteiger partial charge in [-0.05, 0) is 13.3 Å². The molecule has 6 heteroatoms. The van der Waals surface area contributed by atoms with E-state index < -0.39 is 17.8 Å². The molecule has 0 aliphatic carbocycles. The molecule has 1 aromatic heterocycles. The molecule has 0 saturated heterocycles. The highest BCUT2D eigenvalue weighted by Crippen LogP contribution is 2.05. The van der Waals surface area contributed by atoms with E-state index in [-0.39, 0.29) is 12.2 Å². The average Bonchev–Trinajstić information content (AvgIpc) is 2.34. The van der Waals surface area contributed by atoms with Gasteiger partial charge in [0.05, 0.1) is 17.8 Å². The van der Waals surface area contributed by atoms with Crippen LogP contribution in [0.15, 0.2) is 12.4 Å². The SMILES string of the molecule is CCCC(CNC(=O)c1cnc(C)cn1)C(=O)O. The summed E-state index contributed by atoms with van der Waals surface area (Å²) in [5, 5.41) is 11.5. The molecular formula is C12H17N3O3. The fourth-order valence-corrected chi connectivity index (χ4v) is 1.48. The monoisotopic (exact) mass is 251 g/mol. The van der Waals surface area contributed by atoms with Gasteiger partial charge in [-0.2, -0.15) is 0 Å². The lowest BCUT2D eigenvalue weighted by atomic mass is 10.0. The van der Waals surface area contributed by atoms with Gasteiger partial charge in [-0.3, -0.25) is 14.6 Å². The first-order valence-electron chi connectivity index (χ1n) is 5.84. The molecule has 0 aliphatic heterocycles. The maximum Gasteiger partial charge on any atom is 0.308 e. The minimum atomic E-state index is -0.896. The Bertz CT molecular complexity index is 417. The van der Waals surface area contributed by atoms with Crippen LogP contribution in [0.25, 0.3) is 0 Å². The Morgan fingerprint density at radius 2 is 2.11 bits per heavy atom. The second kappa shape index (κ2) is 6.68. The standard InChI is InChI=1S/C12H17N3O3/c1-3-4-9(12(17)18)6-15-11(16)10-7-13-8(2)5-14-10/h5,7,9H,3-4,6H2,1-2H3,(H,15,16)(H,17,18). The molecule has 0 spiro atoms. The summed E-state index contributed by atoms with van der Waals surface area (Å²) in [4.78, 5) is 30.5. The molecule has 1 aromatic rings. The van der Waals surface area contributed by atoms with Crippen LogP contribution >= 0.6 is 0 Å². The third-order valence-corrected chi connectivity index (χ3v) is 2.51. The molecule has 0 aromatic carbocycles. The van der Waals surface area contributed by atoms with Crippen LogP contribution < -0.4 is 5.32 Å².